The lowest BCUT2D eigenvalue weighted by Crippen LogP contribution is -2.59. The second kappa shape index (κ2) is 14.2. The fourth-order valence-corrected chi connectivity index (χ4v) is 6.07. The number of urea groups is 1. The lowest BCUT2D eigenvalue weighted by Gasteiger charge is -2.37. The Kier molecular flexibility index (Phi) is 11.5. The van der Waals surface area contributed by atoms with Gasteiger partial charge in [-0.05, 0) is 66.7 Å². The molecule has 3 heterocycles. The van der Waals surface area contributed by atoms with Crippen molar-refractivity contribution in [3.63, 3.8) is 0 Å². The van der Waals surface area contributed by atoms with Crippen LogP contribution in [0.25, 0.3) is 0 Å². The predicted octanol–water partition coefficient (Wildman–Crippen LogP) is 2.40. The maximum Gasteiger partial charge on any atom is 0.421 e. The summed E-state index contributed by atoms with van der Waals surface area (Å²) >= 11 is 0. The van der Waals surface area contributed by atoms with E-state index in [0.29, 0.717) is 37.4 Å². The molecule has 3 saturated heterocycles. The number of likely N-dealkylation sites (tertiary alicyclic amines) is 1. The minimum atomic E-state index is -4.81. The fraction of sp³-hybridized carbons (Fsp3) is 0.857. The molecule has 2 bridgehead atoms. The summed E-state index contributed by atoms with van der Waals surface area (Å²) in [4.78, 5) is 54.0. The molecular weight excluding hydrogens is 598 g/mol. The number of nitrogens with one attached hydrogen (secondary N) is 1. The van der Waals surface area contributed by atoms with Gasteiger partial charge in [-0.1, -0.05) is 26.2 Å². The van der Waals surface area contributed by atoms with Crippen LogP contribution in [0.2, 0.25) is 0 Å². The van der Waals surface area contributed by atoms with Crippen LogP contribution in [0.1, 0.15) is 92.9 Å². The maximum absolute atomic E-state index is 13.2. The number of rotatable bonds is 13. The van der Waals surface area contributed by atoms with Crippen LogP contribution < -0.4 is 11.1 Å². The van der Waals surface area contributed by atoms with Crippen LogP contribution in [0.5, 0.6) is 0 Å². The van der Waals surface area contributed by atoms with Crippen molar-refractivity contribution in [1.82, 2.24) is 20.2 Å². The number of hydrogen-bond donors (Lipinski definition) is 2. The standard InChI is InChI=1S/C28H49N5O10S/c1-7-8-9-10-17-40-23(35)27(5,6)19-41-44(38,39)43-33-24(36)32-18-28(33,29)14-11-21(32)22(34)30-20-12-15-31(16-13-20)25(37)42-26(2,3)4/h20-21H,7-19,29H2,1-6H3,(H,30,34)/t21-,28+/m0/s1. The monoisotopic (exact) mass is 647 g/mol. The van der Waals surface area contributed by atoms with E-state index < -0.39 is 63.7 Å². The van der Waals surface area contributed by atoms with E-state index in [-0.39, 0.29) is 32.0 Å². The summed E-state index contributed by atoms with van der Waals surface area (Å²) in [7, 11) is -4.81. The van der Waals surface area contributed by atoms with E-state index in [1.54, 1.807) is 25.7 Å². The number of esters is 1. The maximum atomic E-state index is 13.2. The van der Waals surface area contributed by atoms with Crippen molar-refractivity contribution in [3.8, 4) is 0 Å². The Hall–Kier alpha value is -2.69. The molecule has 0 aliphatic carbocycles. The quantitative estimate of drug-likeness (QED) is 0.221. The lowest BCUT2D eigenvalue weighted by molar-refractivity contribution is -0.156. The van der Waals surface area contributed by atoms with Gasteiger partial charge in [0.1, 0.15) is 17.3 Å². The third-order valence-corrected chi connectivity index (χ3v) is 8.54. The van der Waals surface area contributed by atoms with Crippen LogP contribution in [-0.2, 0) is 37.9 Å². The van der Waals surface area contributed by atoms with Gasteiger partial charge in [0.05, 0.1) is 25.2 Å². The number of ether oxygens (including phenoxy) is 2. The second-order valence-corrected chi connectivity index (χ2v) is 14.6. The molecule has 0 aromatic heterocycles. The van der Waals surface area contributed by atoms with Gasteiger partial charge in [-0.15, -0.1) is 4.28 Å². The first kappa shape index (κ1) is 35.8. The Morgan fingerprint density at radius 2 is 1.70 bits per heavy atom. The smallest absolute Gasteiger partial charge is 0.421 e. The van der Waals surface area contributed by atoms with Crippen LogP contribution in [0.3, 0.4) is 0 Å². The van der Waals surface area contributed by atoms with Gasteiger partial charge in [0.25, 0.3) is 0 Å². The van der Waals surface area contributed by atoms with E-state index in [1.807, 2.05) is 0 Å². The lowest BCUT2D eigenvalue weighted by atomic mass is 9.95. The zero-order valence-electron chi connectivity index (χ0n) is 26.8. The zero-order valence-corrected chi connectivity index (χ0v) is 27.6. The highest BCUT2D eigenvalue weighted by molar-refractivity contribution is 7.81. The third-order valence-electron chi connectivity index (χ3n) is 7.80. The van der Waals surface area contributed by atoms with E-state index in [2.05, 4.69) is 12.2 Å². The van der Waals surface area contributed by atoms with Crippen molar-refractivity contribution >= 4 is 34.4 Å². The molecule has 44 heavy (non-hydrogen) atoms. The van der Waals surface area contributed by atoms with E-state index >= 15 is 0 Å². The van der Waals surface area contributed by atoms with Crippen molar-refractivity contribution < 1.29 is 45.5 Å². The molecule has 252 valence electrons. The summed E-state index contributed by atoms with van der Waals surface area (Å²) in [5, 5.41) is 3.48. The Balaban J connectivity index is 1.51. The highest BCUT2D eigenvalue weighted by Crippen LogP contribution is 2.36. The van der Waals surface area contributed by atoms with Crippen LogP contribution in [0.15, 0.2) is 0 Å². The number of piperidine rings is 2. The van der Waals surface area contributed by atoms with Gasteiger partial charge in [-0.3, -0.25) is 9.59 Å². The number of hydroxylamine groups is 2. The molecule has 3 fully saturated rings. The molecule has 0 saturated carbocycles. The minimum absolute atomic E-state index is 0.0930. The van der Waals surface area contributed by atoms with Crippen molar-refractivity contribution in [3.05, 3.63) is 0 Å². The first-order valence-corrected chi connectivity index (χ1v) is 16.6. The number of hydrogen-bond acceptors (Lipinski definition) is 11. The molecule has 4 amide bonds. The van der Waals surface area contributed by atoms with E-state index in [4.69, 9.17) is 23.7 Å². The van der Waals surface area contributed by atoms with Crippen LogP contribution in [-0.4, -0.2) is 103 Å². The van der Waals surface area contributed by atoms with Crippen molar-refractivity contribution in [1.29, 1.82) is 0 Å². The van der Waals surface area contributed by atoms with Gasteiger partial charge in [-0.2, -0.15) is 13.5 Å². The second-order valence-electron chi connectivity index (χ2n) is 13.4. The van der Waals surface area contributed by atoms with Crippen LogP contribution in [0.4, 0.5) is 9.59 Å². The van der Waals surface area contributed by atoms with Gasteiger partial charge < -0.3 is 30.3 Å². The molecule has 3 rings (SSSR count). The van der Waals surface area contributed by atoms with E-state index in [1.165, 1.54) is 18.7 Å². The Morgan fingerprint density at radius 1 is 1.05 bits per heavy atom. The van der Waals surface area contributed by atoms with Crippen molar-refractivity contribution in [2.24, 2.45) is 11.1 Å². The van der Waals surface area contributed by atoms with Gasteiger partial charge in [0.15, 0.2) is 0 Å². The van der Waals surface area contributed by atoms with E-state index in [9.17, 15) is 27.6 Å². The predicted molar refractivity (Wildman–Crippen MR) is 158 cm³/mol. The van der Waals surface area contributed by atoms with E-state index in [0.717, 1.165) is 19.3 Å². The number of unbranched alkanes of at least 4 members (excludes halogenated alkanes) is 3. The van der Waals surface area contributed by atoms with Crippen molar-refractivity contribution in [2.45, 2.75) is 116 Å². The molecule has 0 radical (unpaired) electrons. The molecule has 0 spiro atoms. The molecule has 3 N–H and O–H groups in total. The van der Waals surface area contributed by atoms with Gasteiger partial charge in [0.2, 0.25) is 5.91 Å². The summed E-state index contributed by atoms with van der Waals surface area (Å²) in [6.07, 6.45) is 4.59. The molecule has 0 unspecified atom stereocenters. The Labute approximate surface area is 260 Å². The Morgan fingerprint density at radius 3 is 2.32 bits per heavy atom. The molecule has 16 heteroatoms. The first-order chi connectivity index (χ1) is 20.4. The zero-order chi connectivity index (χ0) is 32.9. The number of fused-ring (bicyclic) bond motifs is 2. The molecule has 3 aliphatic rings. The summed E-state index contributed by atoms with van der Waals surface area (Å²) < 4.78 is 46.1. The highest BCUT2D eigenvalue weighted by Gasteiger charge is 2.57. The number of carbonyl (C=O) groups excluding carboxylic acids is 4. The number of nitrogens with two attached hydrogens (primary N) is 1. The number of amides is 4. The Bertz CT molecular complexity index is 1170. The minimum Gasteiger partial charge on any atom is -0.465 e. The molecule has 3 aliphatic heterocycles. The summed E-state index contributed by atoms with van der Waals surface area (Å²) in [5.74, 6) is -1.02. The van der Waals surface area contributed by atoms with Gasteiger partial charge in [-0.25, -0.2) is 13.8 Å². The third kappa shape index (κ3) is 9.41. The molecule has 0 aromatic rings. The fourth-order valence-electron chi connectivity index (χ4n) is 5.19. The molecule has 15 nitrogen and oxygen atoms in total. The molecule has 2 atom stereocenters. The topological polar surface area (TPSA) is 187 Å². The average molecular weight is 648 g/mol. The summed E-state index contributed by atoms with van der Waals surface area (Å²) in [6.45, 7) is 10.7. The SMILES string of the molecule is CCCCCCOC(=O)C(C)(C)COS(=O)(=O)ON1C(=O)N2C[C@@]1(N)CC[C@H]2C(=O)NC1CCN(C(=O)OC(C)(C)C)CC1. The van der Waals surface area contributed by atoms with Crippen LogP contribution in [0, 0.1) is 5.41 Å². The number of carbonyl (C=O) groups is 4. The number of nitrogens with zero attached hydrogens (tertiary/aromatic N) is 3. The van der Waals surface area contributed by atoms with Crippen molar-refractivity contribution in [2.75, 3.05) is 32.8 Å². The average Bonchev–Trinajstić information content (AvgIpc) is 3.11. The summed E-state index contributed by atoms with van der Waals surface area (Å²) in [6, 6.07) is -1.98. The molecule has 0 aromatic carbocycles. The summed E-state index contributed by atoms with van der Waals surface area (Å²) in [5.41, 5.74) is 2.94. The molecular formula is C28H49N5O10S. The first-order valence-electron chi connectivity index (χ1n) is 15.3. The largest absolute Gasteiger partial charge is 0.465 e. The van der Waals surface area contributed by atoms with Gasteiger partial charge >= 0.3 is 28.5 Å². The highest BCUT2D eigenvalue weighted by atomic mass is 32.3. The van der Waals surface area contributed by atoms with Crippen LogP contribution >= 0.6 is 0 Å². The normalized spacial score (nSPS) is 23.1. The van der Waals surface area contributed by atoms with Gasteiger partial charge in [0, 0.05) is 19.1 Å².